The number of hydrogen-bond donors (Lipinski definition) is 1. The third-order valence-electron chi connectivity index (χ3n) is 4.31. The summed E-state index contributed by atoms with van der Waals surface area (Å²) in [5.41, 5.74) is 0.805. The van der Waals surface area contributed by atoms with Crippen LogP contribution in [0.15, 0.2) is 23.1 Å². The van der Waals surface area contributed by atoms with Crippen LogP contribution in [0.25, 0.3) is 0 Å². The maximum Gasteiger partial charge on any atom is 0.338 e. The number of aryl methyl sites for hydroxylation is 1. The van der Waals surface area contributed by atoms with Crippen LogP contribution in [0.2, 0.25) is 0 Å². The van der Waals surface area contributed by atoms with Crippen LogP contribution < -0.4 is 0 Å². The molecule has 0 amide bonds. The summed E-state index contributed by atoms with van der Waals surface area (Å²) in [7, 11) is -3.88. The molecule has 0 unspecified atom stereocenters. The lowest BCUT2D eigenvalue weighted by Crippen LogP contribution is -2.30. The topological polar surface area (TPSA) is 101 Å². The predicted octanol–water partition coefficient (Wildman–Crippen LogP) is 1.90. The first-order valence-corrected chi connectivity index (χ1v) is 9.52. The average molecular weight is 369 g/mol. The van der Waals surface area contributed by atoms with Crippen molar-refractivity contribution in [2.24, 2.45) is 11.8 Å². The Balaban J connectivity index is 2.35. The number of carboxylic acid groups (broad SMARTS) is 1. The van der Waals surface area contributed by atoms with Crippen molar-refractivity contribution in [1.29, 1.82) is 0 Å². The number of rotatable bonds is 5. The molecular formula is C17H23NO6S. The fourth-order valence-electron chi connectivity index (χ4n) is 2.85. The monoisotopic (exact) mass is 369 g/mol. The van der Waals surface area contributed by atoms with Crippen molar-refractivity contribution in [3.8, 4) is 0 Å². The highest BCUT2D eigenvalue weighted by Gasteiger charge is 2.40. The van der Waals surface area contributed by atoms with Gasteiger partial charge < -0.3 is 9.84 Å². The van der Waals surface area contributed by atoms with Crippen molar-refractivity contribution in [1.82, 2.24) is 4.31 Å². The van der Waals surface area contributed by atoms with Crippen molar-refractivity contribution >= 4 is 22.0 Å². The molecule has 1 fully saturated rings. The van der Waals surface area contributed by atoms with Gasteiger partial charge >= 0.3 is 11.9 Å². The smallest absolute Gasteiger partial charge is 0.338 e. The van der Waals surface area contributed by atoms with Gasteiger partial charge in [-0.05, 0) is 44.4 Å². The third kappa shape index (κ3) is 4.01. The van der Waals surface area contributed by atoms with Crippen molar-refractivity contribution in [2.45, 2.75) is 38.7 Å². The Morgan fingerprint density at radius 2 is 1.92 bits per heavy atom. The summed E-state index contributed by atoms with van der Waals surface area (Å²) in [5.74, 6) is -2.59. The van der Waals surface area contributed by atoms with E-state index in [9.17, 15) is 23.1 Å². The minimum absolute atomic E-state index is 0.0351. The highest BCUT2D eigenvalue weighted by molar-refractivity contribution is 7.89. The van der Waals surface area contributed by atoms with E-state index < -0.39 is 27.9 Å². The molecule has 8 heteroatoms. The Morgan fingerprint density at radius 1 is 1.28 bits per heavy atom. The molecule has 1 aromatic carbocycles. The lowest BCUT2D eigenvalue weighted by molar-refractivity contribution is -0.142. The number of carboxylic acids is 1. The minimum Gasteiger partial charge on any atom is -0.481 e. The van der Waals surface area contributed by atoms with E-state index in [1.807, 2.05) is 0 Å². The van der Waals surface area contributed by atoms with Crippen LogP contribution in [0, 0.1) is 18.8 Å². The molecule has 0 bridgehead atoms. The van der Waals surface area contributed by atoms with Gasteiger partial charge in [-0.2, -0.15) is 4.31 Å². The molecule has 7 nitrogen and oxygen atoms in total. The summed E-state index contributed by atoms with van der Waals surface area (Å²) in [6.07, 6.45) is -0.317. The molecule has 0 radical (unpaired) electrons. The van der Waals surface area contributed by atoms with Crippen LogP contribution in [-0.2, 0) is 19.6 Å². The van der Waals surface area contributed by atoms with Crippen LogP contribution in [-0.4, -0.2) is 49.0 Å². The zero-order valence-electron chi connectivity index (χ0n) is 14.7. The number of ether oxygens (including phenoxy) is 1. The van der Waals surface area contributed by atoms with Gasteiger partial charge in [0.25, 0.3) is 0 Å². The molecule has 0 spiro atoms. The molecule has 25 heavy (non-hydrogen) atoms. The molecule has 2 atom stereocenters. The number of aliphatic carboxylic acids is 1. The van der Waals surface area contributed by atoms with Crippen molar-refractivity contribution in [3.63, 3.8) is 0 Å². The quantitative estimate of drug-likeness (QED) is 0.796. The van der Waals surface area contributed by atoms with Crippen molar-refractivity contribution in [3.05, 3.63) is 29.3 Å². The summed E-state index contributed by atoms with van der Waals surface area (Å²) < 4.78 is 32.0. The maximum absolute atomic E-state index is 12.8. The number of esters is 1. The Bertz CT molecular complexity index is 786. The summed E-state index contributed by atoms with van der Waals surface area (Å²) in [5, 5.41) is 9.19. The molecular weight excluding hydrogens is 346 g/mol. The second-order valence-electron chi connectivity index (χ2n) is 6.67. The van der Waals surface area contributed by atoms with E-state index in [1.54, 1.807) is 33.8 Å². The van der Waals surface area contributed by atoms with Crippen molar-refractivity contribution < 1.29 is 27.9 Å². The molecule has 1 N–H and O–H groups in total. The minimum atomic E-state index is -3.88. The fourth-order valence-corrected chi connectivity index (χ4v) is 4.44. The van der Waals surface area contributed by atoms with Crippen LogP contribution in [0.3, 0.4) is 0 Å². The molecule has 0 aromatic heterocycles. The van der Waals surface area contributed by atoms with Gasteiger partial charge in [-0.3, -0.25) is 4.79 Å². The molecule has 0 saturated carbocycles. The summed E-state index contributed by atoms with van der Waals surface area (Å²) >= 11 is 0. The molecule has 2 rings (SSSR count). The fraction of sp³-hybridized carbons (Fsp3) is 0.529. The number of carbonyl (C=O) groups is 2. The van der Waals surface area contributed by atoms with Gasteiger partial charge in [0.15, 0.2) is 0 Å². The van der Waals surface area contributed by atoms with E-state index in [-0.39, 0.29) is 35.6 Å². The highest BCUT2D eigenvalue weighted by Crippen LogP contribution is 2.29. The van der Waals surface area contributed by atoms with Crippen LogP contribution in [0.1, 0.15) is 36.7 Å². The van der Waals surface area contributed by atoms with E-state index in [1.165, 1.54) is 16.4 Å². The Hall–Kier alpha value is -1.93. The maximum atomic E-state index is 12.8. The Morgan fingerprint density at radius 3 is 2.44 bits per heavy atom. The van der Waals surface area contributed by atoms with Gasteiger partial charge in [-0.25, -0.2) is 13.2 Å². The lowest BCUT2D eigenvalue weighted by atomic mass is 9.99. The van der Waals surface area contributed by atoms with Crippen molar-refractivity contribution in [2.75, 3.05) is 13.1 Å². The summed E-state index contributed by atoms with van der Waals surface area (Å²) in [4.78, 5) is 23.4. The number of benzene rings is 1. The summed E-state index contributed by atoms with van der Waals surface area (Å²) in [6, 6.07) is 4.28. The predicted molar refractivity (Wildman–Crippen MR) is 90.8 cm³/mol. The first kappa shape index (κ1) is 19.4. The molecule has 1 aromatic rings. The van der Waals surface area contributed by atoms with Gasteiger partial charge in [0, 0.05) is 13.1 Å². The van der Waals surface area contributed by atoms with Gasteiger partial charge in [0.1, 0.15) is 0 Å². The van der Waals surface area contributed by atoms with Gasteiger partial charge in [-0.1, -0.05) is 13.0 Å². The van der Waals surface area contributed by atoms with Gasteiger partial charge in [0.2, 0.25) is 10.0 Å². The Labute approximate surface area is 147 Å². The first-order valence-electron chi connectivity index (χ1n) is 8.08. The standard InChI is InChI=1S/C17H23NO6S/c1-10(2)24-17(21)14-7-13(6-5-11(14)3)25(22,23)18-8-12(4)15(9-18)16(19)20/h5-7,10,12,15H,8-9H2,1-4H3,(H,19,20)/t12-,15-/m1/s1. The number of hydrogen-bond acceptors (Lipinski definition) is 5. The number of carbonyl (C=O) groups excluding carboxylic acids is 1. The van der Waals surface area contributed by atoms with E-state index in [0.717, 1.165) is 0 Å². The van der Waals surface area contributed by atoms with E-state index in [4.69, 9.17) is 4.74 Å². The number of nitrogens with zero attached hydrogens (tertiary/aromatic N) is 1. The SMILES string of the molecule is Cc1ccc(S(=O)(=O)N2C[C@@H](C)[C@H](C(=O)O)C2)cc1C(=O)OC(C)C. The van der Waals surface area contributed by atoms with E-state index >= 15 is 0 Å². The zero-order chi connectivity index (χ0) is 18.9. The second kappa shape index (κ2) is 7.13. The third-order valence-corrected chi connectivity index (χ3v) is 6.13. The molecule has 1 aliphatic heterocycles. The molecule has 1 saturated heterocycles. The second-order valence-corrected chi connectivity index (χ2v) is 8.61. The zero-order valence-corrected chi connectivity index (χ0v) is 15.5. The van der Waals surface area contributed by atoms with E-state index in [2.05, 4.69) is 0 Å². The van der Waals surface area contributed by atoms with Gasteiger partial charge in [0.05, 0.1) is 22.5 Å². The largest absolute Gasteiger partial charge is 0.481 e. The molecule has 1 aliphatic rings. The molecule has 138 valence electrons. The lowest BCUT2D eigenvalue weighted by Gasteiger charge is -2.17. The number of sulfonamides is 1. The molecule has 1 heterocycles. The Kier molecular flexibility index (Phi) is 5.53. The first-order chi connectivity index (χ1) is 11.5. The van der Waals surface area contributed by atoms with E-state index in [0.29, 0.717) is 5.56 Å². The average Bonchev–Trinajstić information content (AvgIpc) is 2.89. The summed E-state index contributed by atoms with van der Waals surface area (Å²) in [6.45, 7) is 6.91. The molecule has 0 aliphatic carbocycles. The highest BCUT2D eigenvalue weighted by atomic mass is 32.2. The van der Waals surface area contributed by atoms with Crippen LogP contribution >= 0.6 is 0 Å². The van der Waals surface area contributed by atoms with Crippen LogP contribution in [0.5, 0.6) is 0 Å². The normalized spacial score (nSPS) is 21.5. The van der Waals surface area contributed by atoms with Crippen LogP contribution in [0.4, 0.5) is 0 Å². The van der Waals surface area contributed by atoms with Gasteiger partial charge in [-0.15, -0.1) is 0 Å².